The van der Waals surface area contributed by atoms with Crippen molar-refractivity contribution in [2.45, 2.75) is 0 Å². The lowest BCUT2D eigenvalue weighted by molar-refractivity contribution is 0.206. The van der Waals surface area contributed by atoms with E-state index in [-0.39, 0.29) is 5.95 Å². The van der Waals surface area contributed by atoms with Gasteiger partial charge in [-0.1, -0.05) is 5.16 Å². The lowest BCUT2D eigenvalue weighted by atomic mass is 10.4. The molecule has 0 saturated heterocycles. The number of likely N-dealkylation sites (N-methyl/N-ethyl adjacent to an activating group) is 1. The molecule has 0 fully saturated rings. The molecule has 5 heteroatoms. The fourth-order valence-corrected chi connectivity index (χ4v) is 0.839. The molecule has 1 rings (SSSR count). The summed E-state index contributed by atoms with van der Waals surface area (Å²) in [6, 6.07) is 0. The van der Waals surface area contributed by atoms with E-state index in [0.717, 1.165) is 0 Å². The van der Waals surface area contributed by atoms with Gasteiger partial charge in [0.05, 0.1) is 12.8 Å². The Hall–Kier alpha value is -1.23. The third kappa shape index (κ3) is 1.88. The highest BCUT2D eigenvalue weighted by Crippen LogP contribution is 2.24. The van der Waals surface area contributed by atoms with Gasteiger partial charge in [-0.15, -0.1) is 0 Å². The van der Waals surface area contributed by atoms with Gasteiger partial charge in [0.2, 0.25) is 0 Å². The molecule has 0 unspecified atom stereocenters. The summed E-state index contributed by atoms with van der Waals surface area (Å²) in [5, 5.41) is 12.6. The molecule has 1 aromatic heterocycles. The Balaban J connectivity index is 2.52. The number of ether oxygens (including phenoxy) is 1. The molecule has 0 radical (unpaired) electrons. The van der Waals surface area contributed by atoms with Crippen molar-refractivity contribution in [3.05, 3.63) is 6.20 Å². The minimum absolute atomic E-state index is 0.159. The summed E-state index contributed by atoms with van der Waals surface area (Å²) in [5.74, 6) is -0.159. The van der Waals surface area contributed by atoms with E-state index < -0.39 is 0 Å². The summed E-state index contributed by atoms with van der Waals surface area (Å²) in [6.45, 7) is 1.28. The predicted octanol–water partition coefficient (Wildman–Crippen LogP) is 0.463. The van der Waals surface area contributed by atoms with E-state index >= 15 is 0 Å². The molecule has 0 spiro atoms. The summed E-state index contributed by atoms with van der Waals surface area (Å²) in [7, 11) is 3.45. The van der Waals surface area contributed by atoms with Gasteiger partial charge in [-0.2, -0.15) is 0 Å². The number of nitrogens with zero attached hydrogens (tertiary/aromatic N) is 2. The van der Waals surface area contributed by atoms with Crippen molar-refractivity contribution < 1.29 is 14.4 Å². The number of hydrogen-bond donors (Lipinski definition) is 1. The molecule has 68 valence electrons. The van der Waals surface area contributed by atoms with Crippen molar-refractivity contribution in [2.24, 2.45) is 0 Å². The lowest BCUT2D eigenvalue weighted by Gasteiger charge is -2.15. The monoisotopic (exact) mass is 172 g/mol. The van der Waals surface area contributed by atoms with Crippen LogP contribution in [0.25, 0.3) is 0 Å². The summed E-state index contributed by atoms with van der Waals surface area (Å²) in [6.07, 6.45) is 1.46. The largest absolute Gasteiger partial charge is 0.478 e. The highest BCUT2D eigenvalue weighted by molar-refractivity contribution is 5.50. The highest BCUT2D eigenvalue weighted by atomic mass is 16.5. The SMILES string of the molecule is COCCN(C)c1cnoc1O. The first-order valence-electron chi connectivity index (χ1n) is 3.59. The van der Waals surface area contributed by atoms with Crippen molar-refractivity contribution in [2.75, 3.05) is 32.2 Å². The molecule has 0 aromatic carbocycles. The molecule has 0 aliphatic heterocycles. The molecule has 1 aromatic rings. The molecule has 0 aliphatic rings. The van der Waals surface area contributed by atoms with Crippen LogP contribution >= 0.6 is 0 Å². The predicted molar refractivity (Wildman–Crippen MR) is 43.3 cm³/mol. The Kier molecular flexibility index (Phi) is 2.93. The van der Waals surface area contributed by atoms with E-state index in [1.165, 1.54) is 6.20 Å². The average Bonchev–Trinajstić information content (AvgIpc) is 2.47. The normalized spacial score (nSPS) is 10.2. The maximum absolute atomic E-state index is 9.11. The Bertz CT molecular complexity index is 236. The number of rotatable bonds is 4. The van der Waals surface area contributed by atoms with E-state index in [1.807, 2.05) is 7.05 Å². The van der Waals surface area contributed by atoms with Gasteiger partial charge in [-0.25, -0.2) is 0 Å². The first-order chi connectivity index (χ1) is 5.75. The van der Waals surface area contributed by atoms with Gasteiger partial charge in [-0.3, -0.25) is 0 Å². The maximum Gasteiger partial charge on any atom is 0.332 e. The van der Waals surface area contributed by atoms with Gasteiger partial charge in [-0.05, 0) is 0 Å². The number of aromatic nitrogens is 1. The van der Waals surface area contributed by atoms with E-state index in [0.29, 0.717) is 18.8 Å². The van der Waals surface area contributed by atoms with Crippen LogP contribution in [0.2, 0.25) is 0 Å². The maximum atomic E-state index is 9.11. The van der Waals surface area contributed by atoms with Crippen molar-refractivity contribution in [1.82, 2.24) is 5.16 Å². The zero-order valence-electron chi connectivity index (χ0n) is 7.15. The second kappa shape index (κ2) is 3.96. The molecule has 0 saturated carbocycles. The fourth-order valence-electron chi connectivity index (χ4n) is 0.839. The van der Waals surface area contributed by atoms with Crippen molar-refractivity contribution in [3.63, 3.8) is 0 Å². The number of methoxy groups -OCH3 is 1. The summed E-state index contributed by atoms with van der Waals surface area (Å²) in [5.41, 5.74) is 0.576. The third-order valence-electron chi connectivity index (χ3n) is 1.58. The van der Waals surface area contributed by atoms with Crippen LogP contribution < -0.4 is 4.90 Å². The fraction of sp³-hybridized carbons (Fsp3) is 0.571. The Morgan fingerprint density at radius 1 is 1.75 bits per heavy atom. The van der Waals surface area contributed by atoms with Gasteiger partial charge >= 0.3 is 5.95 Å². The molecule has 0 bridgehead atoms. The lowest BCUT2D eigenvalue weighted by Crippen LogP contribution is -2.21. The first kappa shape index (κ1) is 8.86. The van der Waals surface area contributed by atoms with Crippen LogP contribution in [0.3, 0.4) is 0 Å². The van der Waals surface area contributed by atoms with Gasteiger partial charge in [0.1, 0.15) is 5.69 Å². The molecule has 12 heavy (non-hydrogen) atoms. The van der Waals surface area contributed by atoms with E-state index in [4.69, 9.17) is 9.84 Å². The number of hydrogen-bond acceptors (Lipinski definition) is 5. The van der Waals surface area contributed by atoms with Crippen LogP contribution in [0.1, 0.15) is 0 Å². The van der Waals surface area contributed by atoms with Crippen molar-refractivity contribution in [1.29, 1.82) is 0 Å². The van der Waals surface area contributed by atoms with Crippen LogP contribution in [-0.4, -0.2) is 37.6 Å². The Morgan fingerprint density at radius 2 is 2.50 bits per heavy atom. The molecule has 0 atom stereocenters. The van der Waals surface area contributed by atoms with E-state index in [9.17, 15) is 0 Å². The van der Waals surface area contributed by atoms with E-state index in [2.05, 4.69) is 9.68 Å². The Labute approximate surface area is 70.5 Å². The third-order valence-corrected chi connectivity index (χ3v) is 1.58. The number of anilines is 1. The minimum Gasteiger partial charge on any atom is -0.478 e. The average molecular weight is 172 g/mol. The van der Waals surface area contributed by atoms with Crippen molar-refractivity contribution in [3.8, 4) is 5.95 Å². The molecule has 0 amide bonds. The van der Waals surface area contributed by atoms with Gasteiger partial charge in [0.25, 0.3) is 0 Å². The smallest absolute Gasteiger partial charge is 0.332 e. The standard InChI is InChI=1S/C7H12N2O3/c1-9(3-4-11-2)6-5-8-12-7(6)10/h5,10H,3-4H2,1-2H3. The first-order valence-corrected chi connectivity index (χ1v) is 3.59. The van der Waals surface area contributed by atoms with E-state index in [1.54, 1.807) is 12.0 Å². The zero-order chi connectivity index (χ0) is 8.97. The van der Waals surface area contributed by atoms with Gasteiger partial charge < -0.3 is 19.3 Å². The highest BCUT2D eigenvalue weighted by Gasteiger charge is 2.09. The second-order valence-electron chi connectivity index (χ2n) is 2.43. The molecular formula is C7H12N2O3. The second-order valence-corrected chi connectivity index (χ2v) is 2.43. The molecule has 1 N–H and O–H groups in total. The Morgan fingerprint density at radius 3 is 3.00 bits per heavy atom. The summed E-state index contributed by atoms with van der Waals surface area (Å²) in [4.78, 5) is 1.80. The van der Waals surface area contributed by atoms with Crippen LogP contribution in [-0.2, 0) is 4.74 Å². The quantitative estimate of drug-likeness (QED) is 0.715. The minimum atomic E-state index is -0.159. The molecule has 1 heterocycles. The van der Waals surface area contributed by atoms with Crippen LogP contribution in [0.5, 0.6) is 5.95 Å². The molecule has 5 nitrogen and oxygen atoms in total. The zero-order valence-corrected chi connectivity index (χ0v) is 7.15. The summed E-state index contributed by atoms with van der Waals surface area (Å²) < 4.78 is 9.36. The van der Waals surface area contributed by atoms with Crippen LogP contribution in [0.4, 0.5) is 5.69 Å². The topological polar surface area (TPSA) is 58.7 Å². The molecular weight excluding hydrogens is 160 g/mol. The van der Waals surface area contributed by atoms with Crippen LogP contribution in [0, 0.1) is 0 Å². The van der Waals surface area contributed by atoms with Gasteiger partial charge in [0, 0.05) is 20.7 Å². The van der Waals surface area contributed by atoms with Crippen LogP contribution in [0.15, 0.2) is 10.7 Å². The summed E-state index contributed by atoms with van der Waals surface area (Å²) >= 11 is 0. The van der Waals surface area contributed by atoms with Gasteiger partial charge in [0.15, 0.2) is 0 Å². The molecule has 0 aliphatic carbocycles. The van der Waals surface area contributed by atoms with Crippen molar-refractivity contribution >= 4 is 5.69 Å². The number of aromatic hydroxyl groups is 1.